The molecule has 0 fully saturated rings. The van der Waals surface area contributed by atoms with Crippen LogP contribution in [0.4, 0.5) is 0 Å². The Morgan fingerprint density at radius 3 is 2.07 bits per heavy atom. The molecule has 0 aromatic heterocycles. The van der Waals surface area contributed by atoms with Crippen LogP contribution in [0.1, 0.15) is 20.8 Å². The van der Waals surface area contributed by atoms with E-state index in [0.717, 1.165) is 0 Å². The maximum absolute atomic E-state index is 11.3. The van der Waals surface area contributed by atoms with Crippen molar-refractivity contribution >= 4 is 11.9 Å². The molecular formula is C10H15NO4. The van der Waals surface area contributed by atoms with Gasteiger partial charge in [0.1, 0.15) is 0 Å². The Bertz CT molecular complexity index is 269. The van der Waals surface area contributed by atoms with Gasteiger partial charge >= 0.3 is 11.9 Å². The van der Waals surface area contributed by atoms with Crippen LogP contribution in [0.15, 0.2) is 0 Å². The van der Waals surface area contributed by atoms with E-state index in [1.807, 2.05) is 0 Å². The third kappa shape index (κ3) is 3.98. The molecule has 84 valence electrons. The van der Waals surface area contributed by atoms with Gasteiger partial charge in [-0.1, -0.05) is 6.92 Å². The summed E-state index contributed by atoms with van der Waals surface area (Å²) in [4.78, 5) is 22.5. The van der Waals surface area contributed by atoms with Crippen LogP contribution in [-0.4, -0.2) is 25.2 Å². The number of esters is 2. The fraction of sp³-hybridized carbons (Fsp3) is 0.700. The molecule has 0 N–H and O–H groups in total. The molecule has 15 heavy (non-hydrogen) atoms. The highest BCUT2D eigenvalue weighted by Gasteiger charge is 2.32. The predicted molar refractivity (Wildman–Crippen MR) is 51.5 cm³/mol. The molecule has 0 radical (unpaired) electrons. The molecule has 0 unspecified atom stereocenters. The van der Waals surface area contributed by atoms with Gasteiger partial charge in [-0.25, -0.2) is 0 Å². The lowest BCUT2D eigenvalue weighted by Gasteiger charge is -2.14. The van der Waals surface area contributed by atoms with Crippen molar-refractivity contribution in [2.75, 3.05) is 13.2 Å². The Balaban J connectivity index is 4.48. The van der Waals surface area contributed by atoms with Gasteiger partial charge in [0, 0.05) is 0 Å². The minimum atomic E-state index is -1.09. The molecule has 0 aromatic carbocycles. The Morgan fingerprint density at radius 2 is 1.67 bits per heavy atom. The molecule has 0 heterocycles. The number of nitrogens with zero attached hydrogens (tertiary/aromatic N) is 1. The molecule has 5 nitrogen and oxygen atoms in total. The maximum Gasteiger partial charge on any atom is 0.324 e. The fourth-order valence-corrected chi connectivity index (χ4v) is 1.01. The Morgan fingerprint density at radius 1 is 1.20 bits per heavy atom. The SMILES string of the molecule is CCOC(=O)[C@@H](C#N)[C@@H](C)C(=O)OCC. The summed E-state index contributed by atoms with van der Waals surface area (Å²) in [6.45, 7) is 5.19. The standard InChI is InChI=1S/C10H15NO4/c1-4-14-9(12)7(3)8(6-11)10(13)15-5-2/h7-8H,4-5H2,1-3H3/t7-,8+/m1/s1. The second-order valence-electron chi connectivity index (χ2n) is 2.90. The molecule has 0 rings (SSSR count). The van der Waals surface area contributed by atoms with E-state index >= 15 is 0 Å². The van der Waals surface area contributed by atoms with Crippen molar-refractivity contribution in [2.45, 2.75) is 20.8 Å². The van der Waals surface area contributed by atoms with Crippen molar-refractivity contribution in [1.82, 2.24) is 0 Å². The normalized spacial score (nSPS) is 13.5. The monoisotopic (exact) mass is 213 g/mol. The summed E-state index contributed by atoms with van der Waals surface area (Å²) in [5, 5.41) is 8.75. The first kappa shape index (κ1) is 13.4. The number of ether oxygens (including phenoxy) is 2. The third-order valence-corrected chi connectivity index (χ3v) is 1.84. The minimum Gasteiger partial charge on any atom is -0.466 e. The van der Waals surface area contributed by atoms with Crippen LogP contribution in [0.5, 0.6) is 0 Å². The van der Waals surface area contributed by atoms with Gasteiger partial charge in [0.05, 0.1) is 25.2 Å². The average molecular weight is 213 g/mol. The van der Waals surface area contributed by atoms with E-state index in [-0.39, 0.29) is 13.2 Å². The molecule has 0 aliphatic heterocycles. The molecule has 0 saturated carbocycles. The van der Waals surface area contributed by atoms with Crippen molar-refractivity contribution in [3.05, 3.63) is 0 Å². The summed E-state index contributed by atoms with van der Waals surface area (Å²) in [5.74, 6) is -3.13. The summed E-state index contributed by atoms with van der Waals surface area (Å²) in [6.07, 6.45) is 0. The molecule has 0 aliphatic rings. The smallest absolute Gasteiger partial charge is 0.324 e. The Labute approximate surface area is 89.0 Å². The van der Waals surface area contributed by atoms with E-state index in [2.05, 4.69) is 4.74 Å². The molecule has 5 heteroatoms. The van der Waals surface area contributed by atoms with E-state index in [9.17, 15) is 9.59 Å². The van der Waals surface area contributed by atoms with E-state index in [1.54, 1.807) is 19.9 Å². The van der Waals surface area contributed by atoms with Crippen molar-refractivity contribution in [3.8, 4) is 6.07 Å². The van der Waals surface area contributed by atoms with Crippen molar-refractivity contribution in [2.24, 2.45) is 11.8 Å². The van der Waals surface area contributed by atoms with Gasteiger partial charge in [-0.05, 0) is 13.8 Å². The van der Waals surface area contributed by atoms with Crippen molar-refractivity contribution in [1.29, 1.82) is 5.26 Å². The fourth-order valence-electron chi connectivity index (χ4n) is 1.01. The topological polar surface area (TPSA) is 76.4 Å². The molecular weight excluding hydrogens is 198 g/mol. The second-order valence-corrected chi connectivity index (χ2v) is 2.90. The maximum atomic E-state index is 11.3. The highest BCUT2D eigenvalue weighted by molar-refractivity contribution is 5.83. The van der Waals surface area contributed by atoms with Gasteiger partial charge in [0.15, 0.2) is 5.92 Å². The lowest BCUT2D eigenvalue weighted by molar-refractivity contribution is -0.157. The van der Waals surface area contributed by atoms with Gasteiger partial charge in [-0.2, -0.15) is 5.26 Å². The number of carbonyl (C=O) groups is 2. The Kier molecular flexibility index (Phi) is 6.11. The predicted octanol–water partition coefficient (Wildman–Crippen LogP) is 0.888. The summed E-state index contributed by atoms with van der Waals surface area (Å²) in [6, 6.07) is 1.75. The molecule has 0 aromatic rings. The highest BCUT2D eigenvalue weighted by atomic mass is 16.5. The van der Waals surface area contributed by atoms with Gasteiger partial charge in [-0.3, -0.25) is 9.59 Å². The van der Waals surface area contributed by atoms with E-state index in [1.165, 1.54) is 6.92 Å². The van der Waals surface area contributed by atoms with Gasteiger partial charge in [-0.15, -0.1) is 0 Å². The summed E-state index contributed by atoms with van der Waals surface area (Å²) < 4.78 is 9.39. The van der Waals surface area contributed by atoms with Crippen LogP contribution in [-0.2, 0) is 19.1 Å². The zero-order chi connectivity index (χ0) is 11.8. The van der Waals surface area contributed by atoms with Crippen LogP contribution in [0.3, 0.4) is 0 Å². The van der Waals surface area contributed by atoms with Gasteiger partial charge < -0.3 is 9.47 Å². The van der Waals surface area contributed by atoms with E-state index < -0.39 is 23.8 Å². The van der Waals surface area contributed by atoms with E-state index in [4.69, 9.17) is 10.00 Å². The first-order valence-electron chi connectivity index (χ1n) is 4.81. The zero-order valence-corrected chi connectivity index (χ0v) is 9.15. The molecule has 2 atom stereocenters. The second kappa shape index (κ2) is 6.82. The van der Waals surface area contributed by atoms with Gasteiger partial charge in [0.2, 0.25) is 0 Å². The largest absolute Gasteiger partial charge is 0.466 e. The molecule has 0 saturated heterocycles. The minimum absolute atomic E-state index is 0.187. The highest BCUT2D eigenvalue weighted by Crippen LogP contribution is 2.14. The lowest BCUT2D eigenvalue weighted by atomic mass is 9.96. The quantitative estimate of drug-likeness (QED) is 0.634. The average Bonchev–Trinajstić information content (AvgIpc) is 2.19. The number of nitriles is 1. The summed E-state index contributed by atoms with van der Waals surface area (Å²) >= 11 is 0. The van der Waals surface area contributed by atoms with Crippen LogP contribution < -0.4 is 0 Å². The molecule has 0 aliphatic carbocycles. The third-order valence-electron chi connectivity index (χ3n) is 1.84. The zero-order valence-electron chi connectivity index (χ0n) is 9.15. The molecule has 0 spiro atoms. The first-order valence-corrected chi connectivity index (χ1v) is 4.81. The van der Waals surface area contributed by atoms with Crippen LogP contribution in [0.25, 0.3) is 0 Å². The van der Waals surface area contributed by atoms with Crippen LogP contribution in [0.2, 0.25) is 0 Å². The van der Waals surface area contributed by atoms with E-state index in [0.29, 0.717) is 0 Å². The van der Waals surface area contributed by atoms with Crippen molar-refractivity contribution < 1.29 is 19.1 Å². The molecule has 0 bridgehead atoms. The summed E-state index contributed by atoms with van der Waals surface area (Å²) in [5.41, 5.74) is 0. The first-order chi connectivity index (χ1) is 7.08. The lowest BCUT2D eigenvalue weighted by Crippen LogP contribution is -2.29. The number of rotatable bonds is 5. The summed E-state index contributed by atoms with van der Waals surface area (Å²) in [7, 11) is 0. The molecule has 0 amide bonds. The van der Waals surface area contributed by atoms with Gasteiger partial charge in [0.25, 0.3) is 0 Å². The number of hydrogen-bond donors (Lipinski definition) is 0. The van der Waals surface area contributed by atoms with Crippen molar-refractivity contribution in [3.63, 3.8) is 0 Å². The Hall–Kier alpha value is -1.57. The van der Waals surface area contributed by atoms with Crippen LogP contribution >= 0.6 is 0 Å². The number of carbonyl (C=O) groups excluding carboxylic acids is 2. The number of hydrogen-bond acceptors (Lipinski definition) is 5. The van der Waals surface area contributed by atoms with Crippen LogP contribution in [0, 0.1) is 23.2 Å².